The largest absolute Gasteiger partial charge is 0.330 e. The molecule has 1 heterocycles. The highest BCUT2D eigenvalue weighted by Crippen LogP contribution is 2.19. The Morgan fingerprint density at radius 3 is 3.09 bits per heavy atom. The van der Waals surface area contributed by atoms with Crippen molar-refractivity contribution in [3.05, 3.63) is 28.5 Å². The molecule has 0 saturated heterocycles. The van der Waals surface area contributed by atoms with Crippen molar-refractivity contribution in [3.8, 4) is 0 Å². The summed E-state index contributed by atoms with van der Waals surface area (Å²) in [6.45, 7) is 2.87. The molecule has 11 heavy (non-hydrogen) atoms. The van der Waals surface area contributed by atoms with Crippen LogP contribution in [0.3, 0.4) is 0 Å². The lowest BCUT2D eigenvalue weighted by molar-refractivity contribution is 1.01. The van der Waals surface area contributed by atoms with Crippen molar-refractivity contribution in [3.63, 3.8) is 0 Å². The van der Waals surface area contributed by atoms with Crippen LogP contribution in [0.2, 0.25) is 0 Å². The van der Waals surface area contributed by atoms with E-state index in [0.717, 1.165) is 13.0 Å². The molecule has 2 heteroatoms. The van der Waals surface area contributed by atoms with E-state index in [1.54, 1.807) is 11.3 Å². The van der Waals surface area contributed by atoms with Gasteiger partial charge in [0.05, 0.1) is 0 Å². The van der Waals surface area contributed by atoms with Gasteiger partial charge in [0, 0.05) is 4.88 Å². The summed E-state index contributed by atoms with van der Waals surface area (Å²) < 4.78 is 0. The van der Waals surface area contributed by atoms with Crippen LogP contribution in [-0.2, 0) is 0 Å². The van der Waals surface area contributed by atoms with Crippen molar-refractivity contribution >= 4 is 16.9 Å². The Hall–Kier alpha value is -0.600. The number of allylic oxidation sites excluding steroid dienone is 1. The molecule has 0 aliphatic heterocycles. The molecule has 0 spiro atoms. The fourth-order valence-electron chi connectivity index (χ4n) is 0.903. The second-order valence-corrected chi connectivity index (χ2v) is 3.39. The van der Waals surface area contributed by atoms with Gasteiger partial charge in [-0.15, -0.1) is 11.3 Å². The number of hydrogen-bond donors (Lipinski definition) is 1. The summed E-state index contributed by atoms with van der Waals surface area (Å²) in [5.41, 5.74) is 6.73. The molecule has 0 bridgehead atoms. The maximum absolute atomic E-state index is 5.39. The van der Waals surface area contributed by atoms with Crippen LogP contribution >= 0.6 is 11.3 Å². The summed E-state index contributed by atoms with van der Waals surface area (Å²) in [5, 5.41) is 2.09. The Labute approximate surface area is 71.5 Å². The second kappa shape index (κ2) is 4.31. The number of thiophene rings is 1. The van der Waals surface area contributed by atoms with E-state index in [4.69, 9.17) is 5.73 Å². The van der Waals surface area contributed by atoms with E-state index in [2.05, 4.69) is 30.5 Å². The fraction of sp³-hybridized carbons (Fsp3) is 0.333. The minimum atomic E-state index is 0.739. The van der Waals surface area contributed by atoms with Gasteiger partial charge >= 0.3 is 0 Å². The summed E-state index contributed by atoms with van der Waals surface area (Å²) >= 11 is 1.77. The fourth-order valence-corrected chi connectivity index (χ4v) is 1.63. The Morgan fingerprint density at radius 2 is 2.55 bits per heavy atom. The zero-order valence-corrected chi connectivity index (χ0v) is 7.53. The van der Waals surface area contributed by atoms with Gasteiger partial charge in [-0.2, -0.15) is 0 Å². The number of hydrogen-bond acceptors (Lipinski definition) is 2. The summed E-state index contributed by atoms with van der Waals surface area (Å²) in [4.78, 5) is 1.35. The third-order valence-electron chi connectivity index (χ3n) is 1.53. The molecule has 60 valence electrons. The standard InChI is InChI=1S/C9H13NS/c1-8(4-2-6-10)9-5-3-7-11-9/h3-5,7H,2,6,10H2,1H3. The van der Waals surface area contributed by atoms with Crippen molar-refractivity contribution in [2.75, 3.05) is 6.54 Å². The van der Waals surface area contributed by atoms with Gasteiger partial charge in [-0.05, 0) is 36.9 Å². The summed E-state index contributed by atoms with van der Waals surface area (Å²) in [5.74, 6) is 0. The van der Waals surface area contributed by atoms with Crippen LogP contribution in [0.1, 0.15) is 18.2 Å². The molecule has 1 rings (SSSR count). The third-order valence-corrected chi connectivity index (χ3v) is 2.53. The third kappa shape index (κ3) is 2.48. The molecule has 1 aromatic rings. The van der Waals surface area contributed by atoms with E-state index in [-0.39, 0.29) is 0 Å². The van der Waals surface area contributed by atoms with Gasteiger partial charge in [0.1, 0.15) is 0 Å². The van der Waals surface area contributed by atoms with Crippen LogP contribution in [-0.4, -0.2) is 6.54 Å². The van der Waals surface area contributed by atoms with Crippen molar-refractivity contribution in [2.24, 2.45) is 5.73 Å². The Morgan fingerprint density at radius 1 is 1.73 bits per heavy atom. The molecule has 2 N–H and O–H groups in total. The van der Waals surface area contributed by atoms with E-state index in [1.807, 2.05) is 0 Å². The van der Waals surface area contributed by atoms with Gasteiger partial charge in [-0.3, -0.25) is 0 Å². The maximum Gasteiger partial charge on any atom is 0.0296 e. The van der Waals surface area contributed by atoms with Crippen LogP contribution in [0.5, 0.6) is 0 Å². The topological polar surface area (TPSA) is 26.0 Å². The highest BCUT2D eigenvalue weighted by atomic mass is 32.1. The molecule has 0 aromatic carbocycles. The lowest BCUT2D eigenvalue weighted by Crippen LogP contribution is -1.95. The Kier molecular flexibility index (Phi) is 3.33. The minimum Gasteiger partial charge on any atom is -0.330 e. The highest BCUT2D eigenvalue weighted by Gasteiger charge is 1.93. The van der Waals surface area contributed by atoms with E-state index >= 15 is 0 Å². The first-order valence-corrected chi connectivity index (χ1v) is 4.63. The van der Waals surface area contributed by atoms with Crippen LogP contribution < -0.4 is 5.73 Å². The number of rotatable bonds is 3. The maximum atomic E-state index is 5.39. The average Bonchev–Trinajstić information content (AvgIpc) is 2.52. The first kappa shape index (κ1) is 8.50. The van der Waals surface area contributed by atoms with Gasteiger partial charge in [0.15, 0.2) is 0 Å². The SMILES string of the molecule is CC(=CCCN)c1cccs1. The molecule has 0 radical (unpaired) electrons. The molecular formula is C9H13NS. The van der Waals surface area contributed by atoms with Crippen LogP contribution in [0.25, 0.3) is 5.57 Å². The van der Waals surface area contributed by atoms with Gasteiger partial charge in [-0.1, -0.05) is 12.1 Å². The van der Waals surface area contributed by atoms with E-state index in [9.17, 15) is 0 Å². The van der Waals surface area contributed by atoms with Crippen LogP contribution in [0, 0.1) is 0 Å². The summed E-state index contributed by atoms with van der Waals surface area (Å²) in [6.07, 6.45) is 3.16. The molecule has 0 aliphatic carbocycles. The average molecular weight is 167 g/mol. The lowest BCUT2D eigenvalue weighted by Gasteiger charge is -1.94. The minimum absolute atomic E-state index is 0.739. The molecule has 0 fully saturated rings. The zero-order valence-electron chi connectivity index (χ0n) is 6.71. The second-order valence-electron chi connectivity index (χ2n) is 2.44. The summed E-state index contributed by atoms with van der Waals surface area (Å²) in [6, 6.07) is 4.20. The van der Waals surface area contributed by atoms with Crippen LogP contribution in [0.15, 0.2) is 23.6 Å². The Bertz CT molecular complexity index is 224. The van der Waals surface area contributed by atoms with E-state index < -0.39 is 0 Å². The van der Waals surface area contributed by atoms with Crippen molar-refractivity contribution in [1.82, 2.24) is 0 Å². The molecule has 0 amide bonds. The quantitative estimate of drug-likeness (QED) is 0.735. The lowest BCUT2D eigenvalue weighted by atomic mass is 10.2. The molecule has 1 aromatic heterocycles. The van der Waals surface area contributed by atoms with Gasteiger partial charge in [-0.25, -0.2) is 0 Å². The first-order chi connectivity index (χ1) is 5.34. The Balaban J connectivity index is 2.62. The molecule has 0 saturated carbocycles. The predicted octanol–water partition coefficient (Wildman–Crippen LogP) is 2.50. The monoisotopic (exact) mass is 167 g/mol. The molecule has 0 unspecified atom stereocenters. The molecular weight excluding hydrogens is 154 g/mol. The van der Waals surface area contributed by atoms with Gasteiger partial charge < -0.3 is 5.73 Å². The van der Waals surface area contributed by atoms with Crippen molar-refractivity contribution in [1.29, 1.82) is 0 Å². The molecule has 0 atom stereocenters. The van der Waals surface area contributed by atoms with Crippen molar-refractivity contribution in [2.45, 2.75) is 13.3 Å². The van der Waals surface area contributed by atoms with E-state index in [1.165, 1.54) is 10.5 Å². The highest BCUT2D eigenvalue weighted by molar-refractivity contribution is 7.11. The van der Waals surface area contributed by atoms with Gasteiger partial charge in [0.25, 0.3) is 0 Å². The summed E-state index contributed by atoms with van der Waals surface area (Å²) in [7, 11) is 0. The zero-order chi connectivity index (χ0) is 8.10. The molecule has 1 nitrogen and oxygen atoms in total. The van der Waals surface area contributed by atoms with Crippen LogP contribution in [0.4, 0.5) is 0 Å². The van der Waals surface area contributed by atoms with Crippen molar-refractivity contribution < 1.29 is 0 Å². The normalized spacial score (nSPS) is 12.0. The van der Waals surface area contributed by atoms with E-state index in [0.29, 0.717) is 0 Å². The smallest absolute Gasteiger partial charge is 0.0296 e. The first-order valence-electron chi connectivity index (χ1n) is 3.75. The molecule has 0 aliphatic rings. The number of nitrogens with two attached hydrogens (primary N) is 1. The van der Waals surface area contributed by atoms with Gasteiger partial charge in [0.2, 0.25) is 0 Å². The predicted molar refractivity (Wildman–Crippen MR) is 51.6 cm³/mol.